The fraction of sp³-hybridized carbons (Fsp3) is 0.355. The third kappa shape index (κ3) is 7.69. The molecule has 0 unspecified atom stereocenters. The minimum absolute atomic E-state index is 0.0199. The molecule has 36 heavy (non-hydrogen) atoms. The second-order valence-corrected chi connectivity index (χ2v) is 10.1. The zero-order valence-corrected chi connectivity index (χ0v) is 21.5. The predicted octanol–water partition coefficient (Wildman–Crippen LogP) is 6.36. The SMILES string of the molecule is O=C(NC1CCCCC1)[C@H](Cc1ccccc1)N(Cc1ccc(Cl)cc1)C(=O)CCc1ccccc1. The van der Waals surface area contributed by atoms with E-state index in [0.717, 1.165) is 42.4 Å². The summed E-state index contributed by atoms with van der Waals surface area (Å²) in [5.74, 6) is -0.0821. The number of benzene rings is 3. The zero-order chi connectivity index (χ0) is 25.2. The van der Waals surface area contributed by atoms with E-state index >= 15 is 0 Å². The fourth-order valence-electron chi connectivity index (χ4n) is 4.92. The molecule has 3 aromatic rings. The average molecular weight is 503 g/mol. The van der Waals surface area contributed by atoms with E-state index in [2.05, 4.69) is 5.32 Å². The van der Waals surface area contributed by atoms with Crippen LogP contribution in [0, 0.1) is 0 Å². The largest absolute Gasteiger partial charge is 0.352 e. The van der Waals surface area contributed by atoms with Crippen LogP contribution >= 0.6 is 11.6 Å². The quantitative estimate of drug-likeness (QED) is 0.350. The van der Waals surface area contributed by atoms with E-state index in [-0.39, 0.29) is 17.9 Å². The summed E-state index contributed by atoms with van der Waals surface area (Å²) in [7, 11) is 0. The Morgan fingerprint density at radius 2 is 1.42 bits per heavy atom. The van der Waals surface area contributed by atoms with Gasteiger partial charge in [-0.3, -0.25) is 9.59 Å². The molecule has 3 aromatic carbocycles. The minimum Gasteiger partial charge on any atom is -0.352 e. The molecule has 1 aliphatic rings. The summed E-state index contributed by atoms with van der Waals surface area (Å²) in [5.41, 5.74) is 3.11. The Hall–Kier alpha value is -3.11. The Morgan fingerprint density at radius 1 is 0.806 bits per heavy atom. The molecule has 0 saturated heterocycles. The van der Waals surface area contributed by atoms with E-state index in [0.29, 0.717) is 30.8 Å². The molecule has 0 radical (unpaired) electrons. The number of carbonyl (C=O) groups is 2. The molecule has 1 aliphatic carbocycles. The summed E-state index contributed by atoms with van der Waals surface area (Å²) in [6.07, 6.45) is 6.96. The normalized spacial score (nSPS) is 14.7. The van der Waals surface area contributed by atoms with Gasteiger partial charge in [0.15, 0.2) is 0 Å². The van der Waals surface area contributed by atoms with Gasteiger partial charge in [0.05, 0.1) is 0 Å². The third-order valence-corrected chi connectivity index (χ3v) is 7.21. The van der Waals surface area contributed by atoms with Crippen LogP contribution < -0.4 is 5.32 Å². The molecule has 1 fully saturated rings. The first-order valence-corrected chi connectivity index (χ1v) is 13.4. The lowest BCUT2D eigenvalue weighted by molar-refractivity contribution is -0.141. The molecule has 4 nitrogen and oxygen atoms in total. The van der Waals surface area contributed by atoms with E-state index in [4.69, 9.17) is 11.6 Å². The van der Waals surface area contributed by atoms with Gasteiger partial charge >= 0.3 is 0 Å². The van der Waals surface area contributed by atoms with Gasteiger partial charge in [-0.1, -0.05) is 104 Å². The minimum atomic E-state index is -0.590. The van der Waals surface area contributed by atoms with Crippen molar-refractivity contribution < 1.29 is 9.59 Å². The van der Waals surface area contributed by atoms with Crippen molar-refractivity contribution in [2.45, 2.75) is 70.0 Å². The highest BCUT2D eigenvalue weighted by Crippen LogP contribution is 2.21. The summed E-state index contributed by atoms with van der Waals surface area (Å²) in [6.45, 7) is 0.361. The van der Waals surface area contributed by atoms with Crippen molar-refractivity contribution in [2.75, 3.05) is 0 Å². The first-order valence-electron chi connectivity index (χ1n) is 13.0. The maximum Gasteiger partial charge on any atom is 0.243 e. The van der Waals surface area contributed by atoms with E-state index < -0.39 is 6.04 Å². The standard InChI is InChI=1S/C31H35ClN2O2/c32-27-19-16-26(17-20-27)23-34(30(35)21-18-24-10-4-1-5-11-24)29(22-25-12-6-2-7-13-25)31(36)33-28-14-8-3-9-15-28/h1-2,4-7,10-13,16-17,19-20,28-29H,3,8-9,14-15,18,21-23H2,(H,33,36)/t29-/m0/s1. The number of rotatable bonds is 10. The number of aryl methyl sites for hydroxylation is 1. The number of amides is 2. The van der Waals surface area contributed by atoms with Crippen LogP contribution in [0.25, 0.3) is 0 Å². The summed E-state index contributed by atoms with van der Waals surface area (Å²) in [6, 6.07) is 27.1. The number of halogens is 1. The second-order valence-electron chi connectivity index (χ2n) is 9.68. The molecular weight excluding hydrogens is 468 g/mol. The monoisotopic (exact) mass is 502 g/mol. The Kier molecular flexibility index (Phi) is 9.57. The van der Waals surface area contributed by atoms with E-state index in [1.54, 1.807) is 4.90 Å². The molecule has 0 bridgehead atoms. The summed E-state index contributed by atoms with van der Waals surface area (Å²) < 4.78 is 0. The van der Waals surface area contributed by atoms with Crippen LogP contribution in [0.4, 0.5) is 0 Å². The van der Waals surface area contributed by atoms with Gasteiger partial charge in [-0.15, -0.1) is 0 Å². The molecule has 5 heteroatoms. The van der Waals surface area contributed by atoms with Crippen LogP contribution in [0.15, 0.2) is 84.9 Å². The smallest absolute Gasteiger partial charge is 0.243 e. The van der Waals surface area contributed by atoms with Crippen LogP contribution in [0.5, 0.6) is 0 Å². The van der Waals surface area contributed by atoms with Crippen molar-refractivity contribution in [3.8, 4) is 0 Å². The second kappa shape index (κ2) is 13.3. The molecule has 188 valence electrons. The summed E-state index contributed by atoms with van der Waals surface area (Å²) >= 11 is 6.11. The van der Waals surface area contributed by atoms with Crippen LogP contribution in [0.1, 0.15) is 55.2 Å². The first-order chi connectivity index (χ1) is 17.6. The van der Waals surface area contributed by atoms with Crippen molar-refractivity contribution in [3.63, 3.8) is 0 Å². The number of hydrogen-bond acceptors (Lipinski definition) is 2. The molecule has 1 N–H and O–H groups in total. The van der Waals surface area contributed by atoms with Gasteiger partial charge in [0.1, 0.15) is 6.04 Å². The Labute approximate surface area is 219 Å². The van der Waals surface area contributed by atoms with Gasteiger partial charge < -0.3 is 10.2 Å². The molecule has 2 amide bonds. The number of carbonyl (C=O) groups excluding carboxylic acids is 2. The van der Waals surface area contributed by atoms with Crippen molar-refractivity contribution in [3.05, 3.63) is 107 Å². The van der Waals surface area contributed by atoms with Gasteiger partial charge in [0.25, 0.3) is 0 Å². The van der Waals surface area contributed by atoms with Crippen LogP contribution in [-0.2, 0) is 29.0 Å². The lowest BCUT2D eigenvalue weighted by atomic mass is 9.94. The van der Waals surface area contributed by atoms with Crippen molar-refractivity contribution in [1.82, 2.24) is 10.2 Å². The van der Waals surface area contributed by atoms with Gasteiger partial charge in [0, 0.05) is 30.5 Å². The average Bonchev–Trinajstić information content (AvgIpc) is 2.92. The van der Waals surface area contributed by atoms with Crippen molar-refractivity contribution in [1.29, 1.82) is 0 Å². The van der Waals surface area contributed by atoms with Gasteiger partial charge in [-0.05, 0) is 48.1 Å². The number of nitrogens with one attached hydrogen (secondary N) is 1. The molecule has 0 heterocycles. The lowest BCUT2D eigenvalue weighted by Crippen LogP contribution is -2.52. The highest BCUT2D eigenvalue weighted by Gasteiger charge is 2.31. The molecular formula is C31H35ClN2O2. The third-order valence-electron chi connectivity index (χ3n) is 6.96. The molecule has 0 aromatic heterocycles. The topological polar surface area (TPSA) is 49.4 Å². The lowest BCUT2D eigenvalue weighted by Gasteiger charge is -2.33. The van der Waals surface area contributed by atoms with Crippen LogP contribution in [-0.4, -0.2) is 28.8 Å². The highest BCUT2D eigenvalue weighted by atomic mass is 35.5. The maximum absolute atomic E-state index is 13.8. The van der Waals surface area contributed by atoms with E-state index in [1.165, 1.54) is 6.42 Å². The number of hydrogen-bond donors (Lipinski definition) is 1. The molecule has 0 spiro atoms. The molecule has 1 atom stereocenters. The number of nitrogens with zero attached hydrogens (tertiary/aromatic N) is 1. The van der Waals surface area contributed by atoms with Gasteiger partial charge in [-0.25, -0.2) is 0 Å². The van der Waals surface area contributed by atoms with Crippen molar-refractivity contribution in [2.24, 2.45) is 0 Å². The molecule has 1 saturated carbocycles. The molecule has 0 aliphatic heterocycles. The predicted molar refractivity (Wildman–Crippen MR) is 146 cm³/mol. The maximum atomic E-state index is 13.8. The zero-order valence-electron chi connectivity index (χ0n) is 20.7. The Bertz CT molecular complexity index is 1100. The first kappa shape index (κ1) is 26.0. The van der Waals surface area contributed by atoms with Gasteiger partial charge in [-0.2, -0.15) is 0 Å². The van der Waals surface area contributed by atoms with E-state index in [1.807, 2.05) is 84.9 Å². The Balaban J connectivity index is 1.60. The fourth-order valence-corrected chi connectivity index (χ4v) is 5.05. The summed E-state index contributed by atoms with van der Waals surface area (Å²) in [5, 5.41) is 3.94. The van der Waals surface area contributed by atoms with Crippen LogP contribution in [0.2, 0.25) is 5.02 Å². The highest BCUT2D eigenvalue weighted by molar-refractivity contribution is 6.30. The molecule has 4 rings (SSSR count). The van der Waals surface area contributed by atoms with E-state index in [9.17, 15) is 9.59 Å². The van der Waals surface area contributed by atoms with Gasteiger partial charge in [0.2, 0.25) is 11.8 Å². The van der Waals surface area contributed by atoms with Crippen molar-refractivity contribution >= 4 is 23.4 Å². The summed E-state index contributed by atoms with van der Waals surface area (Å²) in [4.78, 5) is 29.3. The Morgan fingerprint density at radius 3 is 2.06 bits per heavy atom. The van der Waals surface area contributed by atoms with Crippen LogP contribution in [0.3, 0.4) is 0 Å².